The van der Waals surface area contributed by atoms with Crippen molar-refractivity contribution in [3.63, 3.8) is 0 Å². The molecule has 0 atom stereocenters. The Kier molecular flexibility index (Phi) is 5.86. The van der Waals surface area contributed by atoms with E-state index in [2.05, 4.69) is 27.1 Å². The highest BCUT2D eigenvalue weighted by molar-refractivity contribution is 6.32. The minimum atomic E-state index is 0.106. The second-order valence-electron chi connectivity index (χ2n) is 5.15. The van der Waals surface area contributed by atoms with Gasteiger partial charge in [-0.2, -0.15) is 4.98 Å². The molecule has 2 rings (SSSR count). The van der Waals surface area contributed by atoms with E-state index in [0.717, 1.165) is 31.6 Å². The third kappa shape index (κ3) is 3.73. The van der Waals surface area contributed by atoms with Gasteiger partial charge >= 0.3 is 0 Å². The number of hydrogen-bond donors (Lipinski definition) is 2. The fourth-order valence-corrected chi connectivity index (χ4v) is 2.87. The third-order valence-electron chi connectivity index (χ3n) is 3.64. The van der Waals surface area contributed by atoms with Crippen molar-refractivity contribution in [2.75, 3.05) is 29.9 Å². The van der Waals surface area contributed by atoms with E-state index in [1.807, 2.05) is 0 Å². The van der Waals surface area contributed by atoms with Gasteiger partial charge in [0.05, 0.1) is 12.8 Å². The maximum Gasteiger partial charge on any atom is 0.224 e. The molecule has 0 radical (unpaired) electrons. The van der Waals surface area contributed by atoms with Crippen LogP contribution in [-0.4, -0.2) is 40.8 Å². The highest BCUT2D eigenvalue weighted by Gasteiger charge is 2.25. The van der Waals surface area contributed by atoms with Gasteiger partial charge in [0.2, 0.25) is 5.95 Å². The predicted octanol–water partition coefficient (Wildman–Crippen LogP) is 2.69. The molecule has 1 aromatic heterocycles. The van der Waals surface area contributed by atoms with E-state index in [1.165, 1.54) is 12.8 Å². The van der Waals surface area contributed by atoms with Gasteiger partial charge in [-0.3, -0.25) is 0 Å². The van der Waals surface area contributed by atoms with Gasteiger partial charge in [-0.1, -0.05) is 31.4 Å². The van der Waals surface area contributed by atoms with Gasteiger partial charge in [0, 0.05) is 19.1 Å². The van der Waals surface area contributed by atoms with Crippen LogP contribution in [0.4, 0.5) is 11.8 Å². The average Bonchev–Trinajstić information content (AvgIpc) is 2.98. The van der Waals surface area contributed by atoms with Crippen LogP contribution in [0.5, 0.6) is 0 Å². The average molecular weight is 299 g/mol. The Hall–Kier alpha value is -1.07. The Labute approximate surface area is 125 Å². The summed E-state index contributed by atoms with van der Waals surface area (Å²) in [7, 11) is 0. The molecule has 1 aliphatic carbocycles. The summed E-state index contributed by atoms with van der Waals surface area (Å²) in [4.78, 5) is 10.9. The van der Waals surface area contributed by atoms with Crippen molar-refractivity contribution in [3.05, 3.63) is 11.2 Å². The summed E-state index contributed by atoms with van der Waals surface area (Å²) in [6.07, 6.45) is 7.40. The Morgan fingerprint density at radius 1 is 1.45 bits per heavy atom. The molecule has 0 spiro atoms. The lowest BCUT2D eigenvalue weighted by Gasteiger charge is -2.30. The first-order valence-corrected chi connectivity index (χ1v) is 7.78. The van der Waals surface area contributed by atoms with Gasteiger partial charge in [-0.25, -0.2) is 4.98 Å². The first-order valence-electron chi connectivity index (χ1n) is 7.40. The van der Waals surface area contributed by atoms with Crippen molar-refractivity contribution in [1.29, 1.82) is 0 Å². The largest absolute Gasteiger partial charge is 0.395 e. The smallest absolute Gasteiger partial charge is 0.224 e. The molecule has 6 heteroatoms. The number of hydrogen-bond acceptors (Lipinski definition) is 5. The van der Waals surface area contributed by atoms with Crippen LogP contribution in [0.15, 0.2) is 6.20 Å². The molecular weight excluding hydrogens is 276 g/mol. The number of nitrogens with zero attached hydrogens (tertiary/aromatic N) is 3. The van der Waals surface area contributed by atoms with E-state index in [0.29, 0.717) is 23.6 Å². The fraction of sp³-hybridized carbons (Fsp3) is 0.714. The summed E-state index contributed by atoms with van der Waals surface area (Å²) in [6, 6.07) is 0.425. The van der Waals surface area contributed by atoms with E-state index < -0.39 is 0 Å². The van der Waals surface area contributed by atoms with Crippen molar-refractivity contribution >= 4 is 23.4 Å². The molecule has 0 aliphatic heterocycles. The van der Waals surface area contributed by atoms with Crippen LogP contribution in [0, 0.1) is 0 Å². The van der Waals surface area contributed by atoms with E-state index >= 15 is 0 Å². The monoisotopic (exact) mass is 298 g/mol. The predicted molar refractivity (Wildman–Crippen MR) is 82.5 cm³/mol. The summed E-state index contributed by atoms with van der Waals surface area (Å²) in [5.41, 5.74) is 0. The van der Waals surface area contributed by atoms with E-state index in [-0.39, 0.29) is 6.61 Å². The van der Waals surface area contributed by atoms with Crippen molar-refractivity contribution in [3.8, 4) is 0 Å². The lowest BCUT2D eigenvalue weighted by atomic mass is 10.2. The molecule has 0 aromatic carbocycles. The summed E-state index contributed by atoms with van der Waals surface area (Å²) < 4.78 is 0. The summed E-state index contributed by atoms with van der Waals surface area (Å²) in [5, 5.41) is 13.0. The number of aliphatic hydroxyl groups is 1. The molecule has 1 fully saturated rings. The normalized spacial score (nSPS) is 15.6. The standard InChI is InChI=1S/C14H23ClN4O/c1-2-7-16-14-17-10-12(15)13(18-14)19(8-9-20)11-5-3-4-6-11/h10-11,20H,2-9H2,1H3,(H,16,17,18). The van der Waals surface area contributed by atoms with Crippen molar-refractivity contribution in [2.45, 2.75) is 45.1 Å². The first-order chi connectivity index (χ1) is 9.76. The zero-order chi connectivity index (χ0) is 14.4. The molecule has 0 amide bonds. The van der Waals surface area contributed by atoms with Gasteiger partial charge in [0.1, 0.15) is 5.02 Å². The molecule has 112 valence electrons. The van der Waals surface area contributed by atoms with Crippen molar-refractivity contribution in [2.24, 2.45) is 0 Å². The maximum atomic E-state index is 9.32. The molecule has 0 unspecified atom stereocenters. The Morgan fingerprint density at radius 2 is 2.20 bits per heavy atom. The molecule has 20 heavy (non-hydrogen) atoms. The minimum Gasteiger partial charge on any atom is -0.395 e. The second-order valence-corrected chi connectivity index (χ2v) is 5.55. The van der Waals surface area contributed by atoms with Gasteiger partial charge in [-0.15, -0.1) is 0 Å². The number of rotatable bonds is 7. The van der Waals surface area contributed by atoms with E-state index in [9.17, 15) is 5.11 Å². The minimum absolute atomic E-state index is 0.106. The molecule has 1 saturated carbocycles. The van der Waals surface area contributed by atoms with Gasteiger partial charge < -0.3 is 15.3 Å². The molecule has 5 nitrogen and oxygen atoms in total. The topological polar surface area (TPSA) is 61.3 Å². The molecular formula is C14H23ClN4O. The first kappa shape index (κ1) is 15.3. The highest BCUT2D eigenvalue weighted by atomic mass is 35.5. The Morgan fingerprint density at radius 3 is 2.85 bits per heavy atom. The highest BCUT2D eigenvalue weighted by Crippen LogP contribution is 2.31. The summed E-state index contributed by atoms with van der Waals surface area (Å²) in [6.45, 7) is 3.61. The van der Waals surface area contributed by atoms with Crippen LogP contribution in [0.1, 0.15) is 39.0 Å². The van der Waals surface area contributed by atoms with Crippen LogP contribution in [0.25, 0.3) is 0 Å². The van der Waals surface area contributed by atoms with Gasteiger partial charge in [0.15, 0.2) is 5.82 Å². The van der Waals surface area contributed by atoms with E-state index in [1.54, 1.807) is 6.20 Å². The number of anilines is 2. The second kappa shape index (κ2) is 7.64. The lowest BCUT2D eigenvalue weighted by Crippen LogP contribution is -2.36. The van der Waals surface area contributed by atoms with Gasteiger partial charge in [-0.05, 0) is 19.3 Å². The maximum absolute atomic E-state index is 9.32. The van der Waals surface area contributed by atoms with Crippen LogP contribution < -0.4 is 10.2 Å². The lowest BCUT2D eigenvalue weighted by molar-refractivity contribution is 0.297. The third-order valence-corrected chi connectivity index (χ3v) is 3.90. The zero-order valence-electron chi connectivity index (χ0n) is 12.0. The number of aliphatic hydroxyl groups excluding tert-OH is 1. The van der Waals surface area contributed by atoms with Crippen molar-refractivity contribution < 1.29 is 5.11 Å². The number of nitrogens with one attached hydrogen (secondary N) is 1. The van der Waals surface area contributed by atoms with Crippen molar-refractivity contribution in [1.82, 2.24) is 9.97 Å². The van der Waals surface area contributed by atoms with Gasteiger partial charge in [0.25, 0.3) is 0 Å². The van der Waals surface area contributed by atoms with Crippen LogP contribution in [0.2, 0.25) is 5.02 Å². The molecule has 1 aromatic rings. The molecule has 0 bridgehead atoms. The quantitative estimate of drug-likeness (QED) is 0.810. The summed E-state index contributed by atoms with van der Waals surface area (Å²) in [5.74, 6) is 1.34. The number of halogens is 1. The zero-order valence-corrected chi connectivity index (χ0v) is 12.7. The Balaban J connectivity index is 2.21. The van der Waals surface area contributed by atoms with E-state index in [4.69, 9.17) is 11.6 Å². The molecule has 0 saturated heterocycles. The SMILES string of the molecule is CCCNc1ncc(Cl)c(N(CCO)C2CCCC2)n1. The molecule has 2 N–H and O–H groups in total. The van der Waals surface area contributed by atoms with Crippen LogP contribution in [-0.2, 0) is 0 Å². The van der Waals surface area contributed by atoms with Crippen LogP contribution in [0.3, 0.4) is 0 Å². The molecule has 1 aliphatic rings. The molecule has 1 heterocycles. The number of aromatic nitrogens is 2. The van der Waals surface area contributed by atoms with Crippen LogP contribution >= 0.6 is 11.6 Å². The Bertz CT molecular complexity index is 424. The fourth-order valence-electron chi connectivity index (χ4n) is 2.67. The summed E-state index contributed by atoms with van der Waals surface area (Å²) >= 11 is 6.26.